The van der Waals surface area contributed by atoms with E-state index >= 15 is 0 Å². The zero-order valence-electron chi connectivity index (χ0n) is 15.2. The van der Waals surface area contributed by atoms with E-state index in [1.165, 1.54) is 18.3 Å². The average Bonchev–Trinajstić information content (AvgIpc) is 3.15. The van der Waals surface area contributed by atoms with Gasteiger partial charge in [0.1, 0.15) is 5.69 Å². The molecular formula is C18H9Cl3F6N4O. The second-order valence-electron chi connectivity index (χ2n) is 6.18. The molecule has 1 aromatic carbocycles. The van der Waals surface area contributed by atoms with E-state index < -0.39 is 39.4 Å². The maximum Gasteiger partial charge on any atom is 0.417 e. The second-order valence-corrected chi connectivity index (χ2v) is 7.40. The number of hydrazine groups is 1. The third kappa shape index (κ3) is 5.05. The Morgan fingerprint density at radius 2 is 1.47 bits per heavy atom. The van der Waals surface area contributed by atoms with E-state index in [0.29, 0.717) is 24.4 Å². The lowest BCUT2D eigenvalue weighted by Gasteiger charge is -2.16. The maximum absolute atomic E-state index is 12.8. The van der Waals surface area contributed by atoms with Crippen molar-refractivity contribution >= 4 is 46.4 Å². The first kappa shape index (κ1) is 24.0. The smallest absolute Gasteiger partial charge is 0.295 e. The highest BCUT2D eigenvalue weighted by atomic mass is 35.5. The van der Waals surface area contributed by atoms with Crippen molar-refractivity contribution in [1.29, 1.82) is 0 Å². The lowest BCUT2D eigenvalue weighted by atomic mass is 10.2. The van der Waals surface area contributed by atoms with Crippen LogP contribution in [0.1, 0.15) is 21.6 Å². The number of carbonyl (C=O) groups is 1. The van der Waals surface area contributed by atoms with Gasteiger partial charge in [0, 0.05) is 12.4 Å². The second kappa shape index (κ2) is 8.72. The molecule has 0 radical (unpaired) electrons. The number of carbonyl (C=O) groups excluding carboxylic acids is 1. The highest BCUT2D eigenvalue weighted by molar-refractivity contribution is 6.39. The van der Waals surface area contributed by atoms with Crippen molar-refractivity contribution in [2.45, 2.75) is 12.4 Å². The van der Waals surface area contributed by atoms with Crippen LogP contribution in [0.2, 0.25) is 15.1 Å². The highest BCUT2D eigenvalue weighted by Crippen LogP contribution is 2.38. The molecule has 0 aliphatic rings. The first-order valence-corrected chi connectivity index (χ1v) is 9.45. The molecule has 0 saturated carbocycles. The number of hydrogen-bond donors (Lipinski definition) is 2. The summed E-state index contributed by atoms with van der Waals surface area (Å²) >= 11 is 17.6. The van der Waals surface area contributed by atoms with Gasteiger partial charge in [-0.1, -0.05) is 34.8 Å². The molecular weight excluding hydrogens is 509 g/mol. The van der Waals surface area contributed by atoms with Crippen LogP contribution in [0.25, 0.3) is 5.82 Å². The van der Waals surface area contributed by atoms with Gasteiger partial charge in [0.15, 0.2) is 5.82 Å². The number of anilines is 1. The molecule has 1 amide bonds. The SMILES string of the molecule is O=C(NNc1c(Cl)cc(C(F)(F)F)cc1Cl)c1cccn1-c1ncc(C(F)(F)F)cc1Cl. The quantitative estimate of drug-likeness (QED) is 0.302. The summed E-state index contributed by atoms with van der Waals surface area (Å²) in [6.45, 7) is 0. The molecule has 3 rings (SSSR count). The molecule has 0 atom stereocenters. The molecule has 170 valence electrons. The summed E-state index contributed by atoms with van der Waals surface area (Å²) in [5.74, 6) is -0.986. The molecule has 5 nitrogen and oxygen atoms in total. The fraction of sp³-hybridized carbons (Fsp3) is 0.111. The average molecular weight is 518 g/mol. The van der Waals surface area contributed by atoms with Crippen molar-refractivity contribution < 1.29 is 31.1 Å². The minimum Gasteiger partial charge on any atom is -0.295 e. The lowest BCUT2D eigenvalue weighted by Crippen LogP contribution is -2.31. The summed E-state index contributed by atoms with van der Waals surface area (Å²) < 4.78 is 78.0. The van der Waals surface area contributed by atoms with Gasteiger partial charge in [-0.3, -0.25) is 20.2 Å². The largest absolute Gasteiger partial charge is 0.417 e. The van der Waals surface area contributed by atoms with Crippen LogP contribution in [0.3, 0.4) is 0 Å². The minimum absolute atomic E-state index is 0.106. The molecule has 14 heteroatoms. The van der Waals surface area contributed by atoms with Gasteiger partial charge in [-0.15, -0.1) is 0 Å². The van der Waals surface area contributed by atoms with Gasteiger partial charge in [-0.05, 0) is 30.3 Å². The number of amides is 1. The van der Waals surface area contributed by atoms with Crippen LogP contribution in [-0.4, -0.2) is 15.5 Å². The molecule has 2 N–H and O–H groups in total. The third-order valence-electron chi connectivity index (χ3n) is 4.03. The maximum atomic E-state index is 12.8. The monoisotopic (exact) mass is 516 g/mol. The van der Waals surface area contributed by atoms with Crippen LogP contribution in [-0.2, 0) is 12.4 Å². The summed E-state index contributed by atoms with van der Waals surface area (Å²) in [4.78, 5) is 16.2. The summed E-state index contributed by atoms with van der Waals surface area (Å²) in [5, 5.41) is -1.19. The predicted octanol–water partition coefficient (Wildman–Crippen LogP) is 6.63. The molecule has 2 aromatic heterocycles. The molecule has 32 heavy (non-hydrogen) atoms. The van der Waals surface area contributed by atoms with E-state index in [0.717, 1.165) is 4.57 Å². The summed E-state index contributed by atoms with van der Waals surface area (Å²) in [5.41, 5.74) is 2.06. The number of halogens is 9. The van der Waals surface area contributed by atoms with Crippen molar-refractivity contribution in [1.82, 2.24) is 15.0 Å². The highest BCUT2D eigenvalue weighted by Gasteiger charge is 2.33. The number of pyridine rings is 1. The fourth-order valence-corrected chi connectivity index (χ4v) is 3.39. The number of alkyl halides is 6. The Kier molecular flexibility index (Phi) is 6.55. The number of nitrogens with one attached hydrogen (secondary N) is 2. The van der Waals surface area contributed by atoms with Crippen LogP contribution in [0, 0.1) is 0 Å². The van der Waals surface area contributed by atoms with E-state index in [4.69, 9.17) is 34.8 Å². The molecule has 3 aromatic rings. The molecule has 0 fully saturated rings. The van der Waals surface area contributed by atoms with E-state index in [1.807, 2.05) is 0 Å². The van der Waals surface area contributed by atoms with Crippen molar-refractivity contribution in [3.05, 3.63) is 74.6 Å². The number of nitrogens with zero attached hydrogens (tertiary/aromatic N) is 2. The first-order chi connectivity index (χ1) is 14.8. The molecule has 0 aliphatic heterocycles. The van der Waals surface area contributed by atoms with Gasteiger partial charge in [-0.25, -0.2) is 4.98 Å². The van der Waals surface area contributed by atoms with Crippen LogP contribution in [0.15, 0.2) is 42.7 Å². The summed E-state index contributed by atoms with van der Waals surface area (Å²) in [6.07, 6.45) is -7.45. The van der Waals surface area contributed by atoms with Gasteiger partial charge in [0.2, 0.25) is 0 Å². The molecule has 0 bridgehead atoms. The Morgan fingerprint density at radius 3 is 2.00 bits per heavy atom. The topological polar surface area (TPSA) is 59.0 Å². The standard InChI is InChI=1S/C18H9Cl3F6N4O/c19-10-4-8(17(22,23)24)5-11(20)14(10)29-30-16(32)13-2-1-3-31(13)15-12(21)6-9(7-28-15)18(25,26)27/h1-7,29H,(H,30,32). The van der Waals surface area contributed by atoms with Crippen LogP contribution in [0.5, 0.6) is 0 Å². The van der Waals surface area contributed by atoms with E-state index in [9.17, 15) is 31.1 Å². The van der Waals surface area contributed by atoms with Crippen molar-refractivity contribution in [3.63, 3.8) is 0 Å². The molecule has 0 aliphatic carbocycles. The molecule has 0 saturated heterocycles. The Hall–Kier alpha value is -2.63. The van der Waals surface area contributed by atoms with Gasteiger partial charge >= 0.3 is 12.4 Å². The van der Waals surface area contributed by atoms with Crippen LogP contribution < -0.4 is 10.9 Å². The number of benzene rings is 1. The van der Waals surface area contributed by atoms with Gasteiger partial charge in [0.05, 0.1) is 31.9 Å². The van der Waals surface area contributed by atoms with Gasteiger partial charge in [-0.2, -0.15) is 26.3 Å². The van der Waals surface area contributed by atoms with Gasteiger partial charge < -0.3 is 0 Å². The van der Waals surface area contributed by atoms with Gasteiger partial charge in [0.25, 0.3) is 5.91 Å². The minimum atomic E-state index is -4.68. The molecule has 0 spiro atoms. The Labute approximate surface area is 190 Å². The van der Waals surface area contributed by atoms with Crippen molar-refractivity contribution in [2.24, 2.45) is 0 Å². The number of rotatable bonds is 4. The number of hydrogen-bond acceptors (Lipinski definition) is 3. The van der Waals surface area contributed by atoms with E-state index in [2.05, 4.69) is 15.8 Å². The lowest BCUT2D eigenvalue weighted by molar-refractivity contribution is -0.138. The first-order valence-electron chi connectivity index (χ1n) is 8.32. The van der Waals surface area contributed by atoms with Crippen molar-refractivity contribution in [2.75, 3.05) is 5.43 Å². The molecule has 0 unspecified atom stereocenters. The Balaban J connectivity index is 1.83. The zero-order chi connectivity index (χ0) is 23.8. The van der Waals surface area contributed by atoms with Crippen molar-refractivity contribution in [3.8, 4) is 5.82 Å². The normalized spacial score (nSPS) is 12.0. The zero-order valence-corrected chi connectivity index (χ0v) is 17.5. The van der Waals surface area contributed by atoms with E-state index in [-0.39, 0.29) is 22.2 Å². The van der Waals surface area contributed by atoms with Crippen LogP contribution >= 0.6 is 34.8 Å². The Morgan fingerprint density at radius 1 is 0.906 bits per heavy atom. The fourth-order valence-electron chi connectivity index (χ4n) is 2.55. The number of aromatic nitrogens is 2. The Bertz CT molecular complexity index is 1150. The molecule has 2 heterocycles. The van der Waals surface area contributed by atoms with Crippen LogP contribution in [0.4, 0.5) is 32.0 Å². The summed E-state index contributed by atoms with van der Waals surface area (Å²) in [7, 11) is 0. The predicted molar refractivity (Wildman–Crippen MR) is 106 cm³/mol. The third-order valence-corrected chi connectivity index (χ3v) is 4.90. The summed E-state index contributed by atoms with van der Waals surface area (Å²) in [6, 6.07) is 4.62. The van der Waals surface area contributed by atoms with E-state index in [1.54, 1.807) is 0 Å².